The van der Waals surface area contributed by atoms with Crippen LogP contribution < -0.4 is 5.73 Å². The van der Waals surface area contributed by atoms with Gasteiger partial charge in [0, 0.05) is 24.4 Å². The number of allylic oxidation sites excluding steroid dienone is 3. The van der Waals surface area contributed by atoms with Crippen LogP contribution in [0.4, 0.5) is 5.69 Å². The molecule has 1 amide bonds. The Labute approximate surface area is 153 Å². The number of rotatable bonds is 7. The fraction of sp³-hybridized carbons (Fsp3) is 0.143. The van der Waals surface area contributed by atoms with E-state index in [-0.39, 0.29) is 0 Å². The van der Waals surface area contributed by atoms with Crippen molar-refractivity contribution in [1.29, 1.82) is 0 Å². The number of amides is 1. The zero-order valence-corrected chi connectivity index (χ0v) is 15.1. The predicted octanol–water partition coefficient (Wildman–Crippen LogP) is 4.23. The summed E-state index contributed by atoms with van der Waals surface area (Å²) in [4.78, 5) is 24.2. The molecule has 1 aromatic carbocycles. The van der Waals surface area contributed by atoms with Crippen LogP contribution in [0.15, 0.2) is 64.6 Å². The Balaban J connectivity index is 2.56. The van der Waals surface area contributed by atoms with Crippen molar-refractivity contribution in [3.63, 3.8) is 0 Å². The van der Waals surface area contributed by atoms with Gasteiger partial charge in [0.2, 0.25) is 5.91 Å². The third kappa shape index (κ3) is 4.19. The molecule has 0 fully saturated rings. The van der Waals surface area contributed by atoms with Crippen LogP contribution in [-0.2, 0) is 0 Å². The SMILES string of the molecule is C=Nc1ccc(-c2cccc(C(N)=O)c2)nc1C(=C)/C(=C/C=NC)CC. The van der Waals surface area contributed by atoms with E-state index in [1.54, 1.807) is 31.5 Å². The predicted molar refractivity (Wildman–Crippen MR) is 109 cm³/mol. The summed E-state index contributed by atoms with van der Waals surface area (Å²) < 4.78 is 0. The van der Waals surface area contributed by atoms with Gasteiger partial charge in [-0.1, -0.05) is 25.6 Å². The molecule has 1 aromatic heterocycles. The number of pyridine rings is 1. The minimum Gasteiger partial charge on any atom is -0.366 e. The maximum Gasteiger partial charge on any atom is 0.248 e. The normalized spacial score (nSPS) is 11.5. The molecule has 2 rings (SSSR count). The van der Waals surface area contributed by atoms with Crippen molar-refractivity contribution < 1.29 is 4.79 Å². The lowest BCUT2D eigenvalue weighted by molar-refractivity contribution is 0.100. The van der Waals surface area contributed by atoms with Crippen molar-refractivity contribution in [2.75, 3.05) is 7.05 Å². The van der Waals surface area contributed by atoms with Gasteiger partial charge in [-0.05, 0) is 54.6 Å². The summed E-state index contributed by atoms with van der Waals surface area (Å²) in [6.07, 6.45) is 4.42. The lowest BCUT2D eigenvalue weighted by Gasteiger charge is -2.12. The Bertz CT molecular complexity index is 910. The number of primary amides is 1. The van der Waals surface area contributed by atoms with Crippen LogP contribution in [0, 0.1) is 0 Å². The molecule has 2 aromatic rings. The molecule has 132 valence electrons. The summed E-state index contributed by atoms with van der Waals surface area (Å²) >= 11 is 0. The largest absolute Gasteiger partial charge is 0.366 e. The first-order valence-electron chi connectivity index (χ1n) is 8.20. The van der Waals surface area contributed by atoms with Crippen molar-refractivity contribution in [2.45, 2.75) is 13.3 Å². The van der Waals surface area contributed by atoms with E-state index < -0.39 is 5.91 Å². The Hall–Kier alpha value is -3.34. The van der Waals surface area contributed by atoms with Gasteiger partial charge in [0.05, 0.1) is 17.1 Å². The molecule has 0 saturated carbocycles. The van der Waals surface area contributed by atoms with Gasteiger partial charge < -0.3 is 5.73 Å². The number of carbonyl (C=O) groups excluding carboxylic acids is 1. The molecule has 0 saturated heterocycles. The first kappa shape index (κ1) is 19.0. The number of carbonyl (C=O) groups is 1. The second kappa shape index (κ2) is 8.67. The zero-order chi connectivity index (χ0) is 19.1. The standard InChI is InChI=1S/C21H22N4O/c1-5-15(11-12-23-3)14(2)20-19(24-4)10-9-18(25-20)16-7-6-8-17(13-16)21(22)26/h6-13H,2,4-5H2,1,3H3,(H2,22,26)/b15-11+,23-12?. The van der Waals surface area contributed by atoms with Crippen molar-refractivity contribution >= 4 is 30.1 Å². The van der Waals surface area contributed by atoms with Crippen molar-refractivity contribution in [3.8, 4) is 11.3 Å². The molecule has 0 radical (unpaired) electrons. The number of hydrogen-bond acceptors (Lipinski definition) is 4. The van der Waals surface area contributed by atoms with Gasteiger partial charge in [0.1, 0.15) is 0 Å². The monoisotopic (exact) mass is 346 g/mol. The zero-order valence-electron chi connectivity index (χ0n) is 15.1. The molecule has 5 heteroatoms. The van der Waals surface area contributed by atoms with Gasteiger partial charge in [-0.25, -0.2) is 4.98 Å². The van der Waals surface area contributed by atoms with Crippen molar-refractivity contribution in [1.82, 2.24) is 4.98 Å². The number of benzene rings is 1. The molecular formula is C21H22N4O. The first-order chi connectivity index (χ1) is 12.5. The van der Waals surface area contributed by atoms with Gasteiger partial charge in [-0.3, -0.25) is 14.8 Å². The highest BCUT2D eigenvalue weighted by atomic mass is 16.1. The van der Waals surface area contributed by atoms with Crippen LogP contribution in [0.2, 0.25) is 0 Å². The van der Waals surface area contributed by atoms with Crippen molar-refractivity contribution in [3.05, 3.63) is 65.9 Å². The molecular weight excluding hydrogens is 324 g/mol. The Morgan fingerprint density at radius 1 is 1.31 bits per heavy atom. The highest BCUT2D eigenvalue weighted by molar-refractivity contribution is 5.94. The van der Waals surface area contributed by atoms with Crippen LogP contribution in [0.1, 0.15) is 29.4 Å². The van der Waals surface area contributed by atoms with Gasteiger partial charge >= 0.3 is 0 Å². The molecule has 0 bridgehead atoms. The highest BCUT2D eigenvalue weighted by Crippen LogP contribution is 2.32. The van der Waals surface area contributed by atoms with Crippen molar-refractivity contribution in [2.24, 2.45) is 15.7 Å². The van der Waals surface area contributed by atoms with E-state index in [0.29, 0.717) is 22.6 Å². The van der Waals surface area contributed by atoms with Crippen LogP contribution in [-0.4, -0.2) is 30.9 Å². The number of nitrogens with zero attached hydrogens (tertiary/aromatic N) is 3. The van der Waals surface area contributed by atoms with Gasteiger partial charge in [-0.2, -0.15) is 0 Å². The van der Waals surface area contributed by atoms with E-state index in [9.17, 15) is 4.79 Å². The molecule has 0 atom stereocenters. The van der Waals surface area contributed by atoms with E-state index in [1.807, 2.05) is 31.2 Å². The average Bonchev–Trinajstić information content (AvgIpc) is 2.67. The minimum absolute atomic E-state index is 0.434. The third-order valence-electron chi connectivity index (χ3n) is 3.97. The second-order valence-corrected chi connectivity index (χ2v) is 5.60. The summed E-state index contributed by atoms with van der Waals surface area (Å²) in [5.41, 5.74) is 10.4. The smallest absolute Gasteiger partial charge is 0.248 e. The van der Waals surface area contributed by atoms with Crippen LogP contribution in [0.25, 0.3) is 16.8 Å². The fourth-order valence-corrected chi connectivity index (χ4v) is 2.54. The summed E-state index contributed by atoms with van der Waals surface area (Å²) in [6, 6.07) is 10.7. The second-order valence-electron chi connectivity index (χ2n) is 5.60. The van der Waals surface area contributed by atoms with E-state index in [2.05, 4.69) is 23.3 Å². The van der Waals surface area contributed by atoms with Crippen LogP contribution in [0.3, 0.4) is 0 Å². The topological polar surface area (TPSA) is 80.7 Å². The lowest BCUT2D eigenvalue weighted by Crippen LogP contribution is -2.10. The van der Waals surface area contributed by atoms with E-state index in [1.165, 1.54) is 0 Å². The number of aromatic nitrogens is 1. The maximum atomic E-state index is 11.4. The van der Waals surface area contributed by atoms with E-state index >= 15 is 0 Å². The van der Waals surface area contributed by atoms with E-state index in [4.69, 9.17) is 10.7 Å². The summed E-state index contributed by atoms with van der Waals surface area (Å²) in [6.45, 7) is 9.85. The number of aliphatic imine (C=N–C) groups is 2. The number of hydrogen-bond donors (Lipinski definition) is 1. The molecule has 0 aliphatic rings. The highest BCUT2D eigenvalue weighted by Gasteiger charge is 2.13. The molecule has 5 nitrogen and oxygen atoms in total. The molecule has 0 spiro atoms. The quantitative estimate of drug-likeness (QED) is 0.601. The van der Waals surface area contributed by atoms with Gasteiger partial charge in [-0.15, -0.1) is 0 Å². The Kier molecular flexibility index (Phi) is 6.33. The number of nitrogens with two attached hydrogens (primary N) is 1. The van der Waals surface area contributed by atoms with Gasteiger partial charge in [0.25, 0.3) is 0 Å². The van der Waals surface area contributed by atoms with Crippen LogP contribution >= 0.6 is 0 Å². The third-order valence-corrected chi connectivity index (χ3v) is 3.97. The summed E-state index contributed by atoms with van der Waals surface area (Å²) in [5.74, 6) is -0.476. The minimum atomic E-state index is -0.476. The van der Waals surface area contributed by atoms with E-state index in [0.717, 1.165) is 23.1 Å². The fourth-order valence-electron chi connectivity index (χ4n) is 2.54. The Morgan fingerprint density at radius 2 is 2.08 bits per heavy atom. The summed E-state index contributed by atoms with van der Waals surface area (Å²) in [7, 11) is 1.72. The molecule has 0 aliphatic heterocycles. The molecule has 26 heavy (non-hydrogen) atoms. The lowest BCUT2D eigenvalue weighted by atomic mass is 9.99. The molecule has 0 aliphatic carbocycles. The summed E-state index contributed by atoms with van der Waals surface area (Å²) in [5, 5.41) is 0. The molecule has 1 heterocycles. The molecule has 0 unspecified atom stereocenters. The molecule has 2 N–H and O–H groups in total. The first-order valence-corrected chi connectivity index (χ1v) is 8.20. The van der Waals surface area contributed by atoms with Gasteiger partial charge in [0.15, 0.2) is 0 Å². The Morgan fingerprint density at radius 3 is 2.69 bits per heavy atom. The van der Waals surface area contributed by atoms with Crippen LogP contribution in [0.5, 0.6) is 0 Å². The maximum absolute atomic E-state index is 11.4. The average molecular weight is 346 g/mol.